The number of aliphatic hydroxyl groups excluding tert-OH is 1. The lowest BCUT2D eigenvalue weighted by atomic mass is 10.1. The molecule has 0 saturated carbocycles. The first-order chi connectivity index (χ1) is 6.50. The van der Waals surface area contributed by atoms with Gasteiger partial charge in [0.1, 0.15) is 11.9 Å². The van der Waals surface area contributed by atoms with Gasteiger partial charge in [-0.15, -0.1) is 0 Å². The largest absolute Gasteiger partial charge is 0.387 e. The van der Waals surface area contributed by atoms with Crippen LogP contribution in [0.3, 0.4) is 0 Å². The number of hydrogen-bond acceptors (Lipinski definition) is 1. The third-order valence-corrected chi connectivity index (χ3v) is 2.03. The molecular formula is C9H8ClF3O. The van der Waals surface area contributed by atoms with Crippen molar-refractivity contribution in [2.75, 3.05) is 0 Å². The van der Waals surface area contributed by atoms with Crippen molar-refractivity contribution in [2.24, 2.45) is 0 Å². The summed E-state index contributed by atoms with van der Waals surface area (Å²) in [6, 6.07) is 3.70. The Morgan fingerprint density at radius 2 is 2.00 bits per heavy atom. The van der Waals surface area contributed by atoms with Crippen molar-refractivity contribution in [3.8, 4) is 0 Å². The molecule has 0 aromatic heterocycles. The summed E-state index contributed by atoms with van der Waals surface area (Å²) >= 11 is 5.39. The number of alkyl halides is 2. The second-order valence-corrected chi connectivity index (χ2v) is 3.26. The van der Waals surface area contributed by atoms with Gasteiger partial charge in [0, 0.05) is 6.42 Å². The van der Waals surface area contributed by atoms with Gasteiger partial charge in [-0.05, 0) is 17.7 Å². The van der Waals surface area contributed by atoms with Gasteiger partial charge in [0.15, 0.2) is 0 Å². The van der Waals surface area contributed by atoms with E-state index in [1.165, 1.54) is 12.1 Å². The van der Waals surface area contributed by atoms with Crippen molar-refractivity contribution < 1.29 is 18.3 Å². The molecular weight excluding hydrogens is 217 g/mol. The van der Waals surface area contributed by atoms with E-state index in [-0.39, 0.29) is 11.4 Å². The smallest absolute Gasteiger partial charge is 0.264 e. The lowest BCUT2D eigenvalue weighted by Crippen LogP contribution is -2.20. The van der Waals surface area contributed by atoms with Gasteiger partial charge in [0.2, 0.25) is 0 Å². The average Bonchev–Trinajstić information content (AvgIpc) is 2.11. The van der Waals surface area contributed by atoms with Crippen molar-refractivity contribution in [1.82, 2.24) is 0 Å². The maximum Gasteiger partial charge on any atom is 0.264 e. The third-order valence-electron chi connectivity index (χ3n) is 1.72. The van der Waals surface area contributed by atoms with Crippen LogP contribution in [0.25, 0.3) is 0 Å². The molecule has 1 N–H and O–H groups in total. The highest BCUT2D eigenvalue weighted by Crippen LogP contribution is 2.17. The first-order valence-corrected chi connectivity index (χ1v) is 4.28. The van der Waals surface area contributed by atoms with E-state index in [1.807, 2.05) is 0 Å². The van der Waals surface area contributed by atoms with Crippen molar-refractivity contribution in [3.05, 3.63) is 34.6 Å². The van der Waals surface area contributed by atoms with Crippen LogP contribution < -0.4 is 0 Å². The highest BCUT2D eigenvalue weighted by Gasteiger charge is 2.17. The van der Waals surface area contributed by atoms with Crippen LogP contribution in [0.1, 0.15) is 5.56 Å². The van der Waals surface area contributed by atoms with Gasteiger partial charge in [0.05, 0.1) is 5.02 Å². The summed E-state index contributed by atoms with van der Waals surface area (Å²) in [5.41, 5.74) is 0.291. The highest BCUT2D eigenvalue weighted by atomic mass is 35.5. The predicted octanol–water partition coefficient (Wildman–Crippen LogP) is 2.65. The van der Waals surface area contributed by atoms with E-state index in [4.69, 9.17) is 16.7 Å². The summed E-state index contributed by atoms with van der Waals surface area (Å²) < 4.78 is 36.7. The fourth-order valence-electron chi connectivity index (χ4n) is 0.997. The number of hydrogen-bond donors (Lipinski definition) is 1. The molecule has 1 atom stereocenters. The molecule has 0 aliphatic rings. The molecule has 1 aromatic rings. The molecule has 0 fully saturated rings. The van der Waals surface area contributed by atoms with E-state index in [0.29, 0.717) is 5.56 Å². The van der Waals surface area contributed by atoms with Crippen LogP contribution in [-0.2, 0) is 6.42 Å². The van der Waals surface area contributed by atoms with E-state index >= 15 is 0 Å². The number of halogens is 4. The molecule has 0 amide bonds. The minimum atomic E-state index is -2.83. The summed E-state index contributed by atoms with van der Waals surface area (Å²) in [6.07, 6.45) is -4.88. The van der Waals surface area contributed by atoms with Gasteiger partial charge in [-0.2, -0.15) is 0 Å². The number of aliphatic hydroxyl groups is 1. The molecule has 1 unspecified atom stereocenters. The highest BCUT2D eigenvalue weighted by molar-refractivity contribution is 6.30. The van der Waals surface area contributed by atoms with E-state index in [1.54, 1.807) is 0 Å². The van der Waals surface area contributed by atoms with Crippen molar-refractivity contribution in [2.45, 2.75) is 19.0 Å². The third kappa shape index (κ3) is 2.89. The maximum absolute atomic E-state index is 12.8. The minimum absolute atomic E-state index is 0.0692. The Balaban J connectivity index is 2.73. The normalized spacial score (nSPS) is 13.3. The molecule has 0 aliphatic heterocycles. The molecule has 1 rings (SSSR count). The molecule has 0 saturated heterocycles. The van der Waals surface area contributed by atoms with Gasteiger partial charge in [-0.3, -0.25) is 0 Å². The lowest BCUT2D eigenvalue weighted by molar-refractivity contribution is -0.00368. The van der Waals surface area contributed by atoms with Crippen LogP contribution in [0.5, 0.6) is 0 Å². The summed E-state index contributed by atoms with van der Waals surface area (Å²) in [7, 11) is 0. The summed E-state index contributed by atoms with van der Waals surface area (Å²) in [5.74, 6) is -0.675. The van der Waals surface area contributed by atoms with E-state index in [9.17, 15) is 13.2 Å². The predicted molar refractivity (Wildman–Crippen MR) is 47.1 cm³/mol. The van der Waals surface area contributed by atoms with Crippen LogP contribution in [0.2, 0.25) is 5.02 Å². The molecule has 0 spiro atoms. The molecule has 1 nitrogen and oxygen atoms in total. The summed E-state index contributed by atoms with van der Waals surface area (Å²) in [4.78, 5) is 0. The first kappa shape index (κ1) is 11.3. The molecule has 0 heterocycles. The summed E-state index contributed by atoms with van der Waals surface area (Å²) in [6.45, 7) is 0. The molecule has 0 aliphatic carbocycles. The van der Waals surface area contributed by atoms with Gasteiger partial charge >= 0.3 is 0 Å². The van der Waals surface area contributed by atoms with Crippen LogP contribution in [0.15, 0.2) is 18.2 Å². The Morgan fingerprint density at radius 3 is 2.50 bits per heavy atom. The average molecular weight is 225 g/mol. The van der Waals surface area contributed by atoms with Crippen molar-refractivity contribution >= 4 is 11.6 Å². The second kappa shape index (κ2) is 4.66. The Hall–Kier alpha value is -0.740. The number of rotatable bonds is 3. The molecule has 78 valence electrons. The second-order valence-electron chi connectivity index (χ2n) is 2.85. The summed E-state index contributed by atoms with van der Waals surface area (Å²) in [5, 5.41) is 8.77. The standard InChI is InChI=1S/C9H8ClF3O/c10-6-2-1-5(3-7(6)11)4-8(14)9(12)13/h1-3,8-9,14H,4H2. The monoisotopic (exact) mass is 224 g/mol. The topological polar surface area (TPSA) is 20.2 Å². The molecule has 0 radical (unpaired) electrons. The van der Waals surface area contributed by atoms with Gasteiger partial charge in [-0.25, -0.2) is 13.2 Å². The van der Waals surface area contributed by atoms with E-state index in [2.05, 4.69) is 0 Å². The van der Waals surface area contributed by atoms with E-state index < -0.39 is 18.3 Å². The zero-order valence-electron chi connectivity index (χ0n) is 7.05. The Morgan fingerprint density at radius 1 is 1.36 bits per heavy atom. The quantitative estimate of drug-likeness (QED) is 0.837. The SMILES string of the molecule is OC(Cc1ccc(Cl)c(F)c1)C(F)F. The Labute approximate surface area is 84.1 Å². The first-order valence-electron chi connectivity index (χ1n) is 3.91. The van der Waals surface area contributed by atoms with Gasteiger partial charge < -0.3 is 5.11 Å². The van der Waals surface area contributed by atoms with Crippen LogP contribution >= 0.6 is 11.6 Å². The van der Waals surface area contributed by atoms with Gasteiger partial charge in [0.25, 0.3) is 6.43 Å². The molecule has 5 heteroatoms. The van der Waals surface area contributed by atoms with Crippen LogP contribution in [-0.4, -0.2) is 17.6 Å². The van der Waals surface area contributed by atoms with Crippen molar-refractivity contribution in [3.63, 3.8) is 0 Å². The van der Waals surface area contributed by atoms with Crippen molar-refractivity contribution in [1.29, 1.82) is 0 Å². The lowest BCUT2D eigenvalue weighted by Gasteiger charge is -2.09. The Bertz CT molecular complexity index is 317. The zero-order chi connectivity index (χ0) is 10.7. The fourth-order valence-corrected chi connectivity index (χ4v) is 1.11. The van der Waals surface area contributed by atoms with Crippen LogP contribution in [0.4, 0.5) is 13.2 Å². The fraction of sp³-hybridized carbons (Fsp3) is 0.333. The molecule has 0 bridgehead atoms. The maximum atomic E-state index is 12.8. The zero-order valence-corrected chi connectivity index (χ0v) is 7.81. The van der Waals surface area contributed by atoms with Gasteiger partial charge in [-0.1, -0.05) is 17.7 Å². The minimum Gasteiger partial charge on any atom is -0.387 e. The van der Waals surface area contributed by atoms with Crippen LogP contribution in [0, 0.1) is 5.82 Å². The molecule has 14 heavy (non-hydrogen) atoms. The molecule has 1 aromatic carbocycles. The number of benzene rings is 1. The Kier molecular flexibility index (Phi) is 3.77. The van der Waals surface area contributed by atoms with E-state index in [0.717, 1.165) is 6.07 Å².